The van der Waals surface area contributed by atoms with Crippen LogP contribution in [0, 0.1) is 5.82 Å². The van der Waals surface area contributed by atoms with E-state index in [2.05, 4.69) is 21.0 Å². The van der Waals surface area contributed by atoms with E-state index < -0.39 is 5.82 Å². The largest absolute Gasteiger partial charge is 0.381 e. The van der Waals surface area contributed by atoms with Gasteiger partial charge < -0.3 is 5.73 Å². The molecule has 14 heavy (non-hydrogen) atoms. The van der Waals surface area contributed by atoms with E-state index in [1.807, 2.05) is 11.4 Å². The lowest BCUT2D eigenvalue weighted by Gasteiger charge is -1.88. The van der Waals surface area contributed by atoms with Gasteiger partial charge in [0.1, 0.15) is 5.69 Å². The molecule has 0 bridgehead atoms. The van der Waals surface area contributed by atoms with E-state index in [-0.39, 0.29) is 5.82 Å². The number of aryl methyl sites for hydroxylation is 1. The summed E-state index contributed by atoms with van der Waals surface area (Å²) in [6, 6.07) is 1.82. The molecular weight excluding hydrogens is 269 g/mol. The second-order valence-corrected chi connectivity index (χ2v) is 5.10. The summed E-state index contributed by atoms with van der Waals surface area (Å²) in [4.78, 5) is 0. The van der Waals surface area contributed by atoms with Crippen LogP contribution in [0.25, 0.3) is 11.3 Å². The molecule has 2 aromatic rings. The van der Waals surface area contributed by atoms with E-state index in [9.17, 15) is 4.39 Å². The van der Waals surface area contributed by atoms with Crippen LogP contribution in [0.15, 0.2) is 15.2 Å². The van der Waals surface area contributed by atoms with Gasteiger partial charge in [-0.15, -0.1) is 11.3 Å². The van der Waals surface area contributed by atoms with E-state index in [0.717, 1.165) is 9.35 Å². The zero-order valence-corrected chi connectivity index (χ0v) is 9.69. The molecule has 0 aromatic carbocycles. The molecule has 0 unspecified atom stereocenters. The fourth-order valence-corrected chi connectivity index (χ4v) is 2.27. The summed E-state index contributed by atoms with van der Waals surface area (Å²) >= 11 is 4.79. The Kier molecular flexibility index (Phi) is 2.32. The van der Waals surface area contributed by atoms with Crippen molar-refractivity contribution >= 4 is 33.1 Å². The van der Waals surface area contributed by atoms with Crippen LogP contribution in [0.3, 0.4) is 0 Å². The summed E-state index contributed by atoms with van der Waals surface area (Å²) in [6.07, 6.45) is 0. The standard InChI is InChI=1S/C8H7BrFN3S/c1-13-8(11)6(10)7(12-13)4-2-5(9)14-3-4/h2-3H,11H2,1H3. The Morgan fingerprint density at radius 3 is 2.79 bits per heavy atom. The van der Waals surface area contributed by atoms with Gasteiger partial charge in [-0.3, -0.25) is 0 Å². The maximum atomic E-state index is 13.5. The van der Waals surface area contributed by atoms with Crippen LogP contribution in [0.1, 0.15) is 0 Å². The molecule has 0 saturated heterocycles. The molecule has 2 rings (SSSR count). The summed E-state index contributed by atoms with van der Waals surface area (Å²) < 4.78 is 15.8. The maximum absolute atomic E-state index is 13.5. The van der Waals surface area contributed by atoms with Gasteiger partial charge in [0.15, 0.2) is 11.6 Å². The van der Waals surface area contributed by atoms with Crippen LogP contribution >= 0.6 is 27.3 Å². The minimum atomic E-state index is -0.460. The number of nitrogens with two attached hydrogens (primary N) is 1. The van der Waals surface area contributed by atoms with Gasteiger partial charge in [-0.2, -0.15) is 5.10 Å². The van der Waals surface area contributed by atoms with Gasteiger partial charge >= 0.3 is 0 Å². The Bertz CT molecular complexity index is 477. The van der Waals surface area contributed by atoms with Crippen molar-refractivity contribution in [3.63, 3.8) is 0 Å². The molecule has 0 fully saturated rings. The summed E-state index contributed by atoms with van der Waals surface area (Å²) in [5, 5.41) is 5.82. The average Bonchev–Trinajstić information content (AvgIpc) is 2.66. The molecule has 0 saturated carbocycles. The lowest BCUT2D eigenvalue weighted by molar-refractivity contribution is 0.634. The number of rotatable bonds is 1. The van der Waals surface area contributed by atoms with Crippen molar-refractivity contribution in [2.75, 3.05) is 5.73 Å². The lowest BCUT2D eigenvalue weighted by atomic mass is 10.2. The summed E-state index contributed by atoms with van der Waals surface area (Å²) in [5.74, 6) is -0.403. The first kappa shape index (κ1) is 9.67. The number of nitrogen functional groups attached to an aromatic ring is 1. The molecule has 2 N–H and O–H groups in total. The molecule has 0 radical (unpaired) electrons. The SMILES string of the molecule is Cn1nc(-c2csc(Br)c2)c(F)c1N. The highest BCUT2D eigenvalue weighted by Gasteiger charge is 2.15. The van der Waals surface area contributed by atoms with Crippen LogP contribution < -0.4 is 5.73 Å². The van der Waals surface area contributed by atoms with E-state index >= 15 is 0 Å². The third-order valence-corrected chi connectivity index (χ3v) is 3.38. The number of anilines is 1. The molecule has 0 spiro atoms. The quantitative estimate of drug-likeness (QED) is 0.870. The van der Waals surface area contributed by atoms with E-state index in [1.54, 1.807) is 7.05 Å². The second-order valence-electron chi connectivity index (χ2n) is 2.81. The van der Waals surface area contributed by atoms with Gasteiger partial charge in [0, 0.05) is 18.0 Å². The summed E-state index contributed by atoms with van der Waals surface area (Å²) in [5.41, 5.74) is 6.50. The van der Waals surface area contributed by atoms with Gasteiger partial charge in [-0.25, -0.2) is 9.07 Å². The van der Waals surface area contributed by atoms with Crippen LogP contribution in [0.4, 0.5) is 10.2 Å². The number of hydrogen-bond acceptors (Lipinski definition) is 3. The number of halogens is 2. The molecule has 2 heterocycles. The number of thiophene rings is 1. The van der Waals surface area contributed by atoms with Crippen molar-refractivity contribution in [2.45, 2.75) is 0 Å². The molecule has 3 nitrogen and oxygen atoms in total. The molecule has 0 aliphatic rings. The van der Waals surface area contributed by atoms with E-state index in [0.29, 0.717) is 5.69 Å². The topological polar surface area (TPSA) is 43.8 Å². The first-order valence-electron chi connectivity index (χ1n) is 3.82. The summed E-state index contributed by atoms with van der Waals surface area (Å²) in [6.45, 7) is 0. The fraction of sp³-hybridized carbons (Fsp3) is 0.125. The van der Waals surface area contributed by atoms with E-state index in [4.69, 9.17) is 5.73 Å². The van der Waals surface area contributed by atoms with Crippen LogP contribution in [-0.2, 0) is 7.05 Å². The fourth-order valence-electron chi connectivity index (χ4n) is 1.13. The third kappa shape index (κ3) is 1.44. The van der Waals surface area contributed by atoms with Crippen molar-refractivity contribution in [3.8, 4) is 11.3 Å². The first-order valence-corrected chi connectivity index (χ1v) is 5.49. The minimum absolute atomic E-state index is 0.0577. The molecule has 0 aliphatic heterocycles. The molecular formula is C8H7BrFN3S. The molecule has 0 amide bonds. The second kappa shape index (κ2) is 3.36. The predicted molar refractivity (Wildman–Crippen MR) is 58.6 cm³/mol. The smallest absolute Gasteiger partial charge is 0.192 e. The predicted octanol–water partition coefficient (Wildman–Crippen LogP) is 2.63. The third-order valence-electron chi connectivity index (χ3n) is 1.87. The van der Waals surface area contributed by atoms with Gasteiger partial charge in [0.05, 0.1) is 3.79 Å². The molecule has 2 aromatic heterocycles. The summed E-state index contributed by atoms with van der Waals surface area (Å²) in [7, 11) is 1.61. The van der Waals surface area contributed by atoms with Gasteiger partial charge in [0.2, 0.25) is 0 Å². The van der Waals surface area contributed by atoms with E-state index in [1.165, 1.54) is 16.0 Å². The highest BCUT2D eigenvalue weighted by molar-refractivity contribution is 9.11. The minimum Gasteiger partial charge on any atom is -0.381 e. The average molecular weight is 276 g/mol. The molecule has 74 valence electrons. The van der Waals surface area contributed by atoms with Crippen molar-refractivity contribution in [1.29, 1.82) is 0 Å². The van der Waals surface area contributed by atoms with Crippen molar-refractivity contribution in [2.24, 2.45) is 7.05 Å². The van der Waals surface area contributed by atoms with Gasteiger partial charge in [-0.05, 0) is 22.0 Å². The number of nitrogens with zero attached hydrogens (tertiary/aromatic N) is 2. The van der Waals surface area contributed by atoms with Crippen LogP contribution in [0.2, 0.25) is 0 Å². The Balaban J connectivity index is 2.57. The van der Waals surface area contributed by atoms with Crippen LogP contribution in [0.5, 0.6) is 0 Å². The monoisotopic (exact) mass is 275 g/mol. The highest BCUT2D eigenvalue weighted by Crippen LogP contribution is 2.31. The highest BCUT2D eigenvalue weighted by atomic mass is 79.9. The number of aromatic nitrogens is 2. The first-order chi connectivity index (χ1) is 6.59. The zero-order chi connectivity index (χ0) is 10.3. The Morgan fingerprint density at radius 2 is 2.36 bits per heavy atom. The Hall–Kier alpha value is -0.880. The van der Waals surface area contributed by atoms with Gasteiger partial charge in [0.25, 0.3) is 0 Å². The molecule has 0 aliphatic carbocycles. The zero-order valence-electron chi connectivity index (χ0n) is 7.29. The maximum Gasteiger partial charge on any atom is 0.192 e. The van der Waals surface area contributed by atoms with Crippen LogP contribution in [-0.4, -0.2) is 9.78 Å². The van der Waals surface area contributed by atoms with Gasteiger partial charge in [-0.1, -0.05) is 0 Å². The Labute approximate surface area is 92.5 Å². The Morgan fingerprint density at radius 1 is 1.64 bits per heavy atom. The molecule has 6 heteroatoms. The lowest BCUT2D eigenvalue weighted by Crippen LogP contribution is -1.97. The normalized spacial score (nSPS) is 10.8. The van der Waals surface area contributed by atoms with Crippen molar-refractivity contribution in [1.82, 2.24) is 9.78 Å². The van der Waals surface area contributed by atoms with Crippen molar-refractivity contribution in [3.05, 3.63) is 21.1 Å². The molecule has 0 atom stereocenters. The number of hydrogen-bond donors (Lipinski definition) is 1. The van der Waals surface area contributed by atoms with Crippen molar-refractivity contribution < 1.29 is 4.39 Å².